The Bertz CT molecular complexity index is 298. The first-order valence-corrected chi connectivity index (χ1v) is 7.52. The summed E-state index contributed by atoms with van der Waals surface area (Å²) in [6, 6.07) is 0. The number of nitrogens with one attached hydrogen (secondary N) is 2. The molecule has 132 valence electrons. The summed E-state index contributed by atoms with van der Waals surface area (Å²) in [6.07, 6.45) is -2.92. The van der Waals surface area contributed by atoms with Gasteiger partial charge in [0.15, 0.2) is 5.96 Å². The summed E-state index contributed by atoms with van der Waals surface area (Å²) < 4.78 is 45.5. The predicted molar refractivity (Wildman–Crippen MR) is 81.1 cm³/mol. The molecule has 0 aromatic carbocycles. The van der Waals surface area contributed by atoms with Gasteiger partial charge >= 0.3 is 6.18 Å². The summed E-state index contributed by atoms with van der Waals surface area (Å²) in [5.41, 5.74) is 0. The van der Waals surface area contributed by atoms with Gasteiger partial charge in [-0.05, 0) is 18.8 Å². The van der Waals surface area contributed by atoms with E-state index in [1.807, 2.05) is 0 Å². The molecule has 0 unspecified atom stereocenters. The number of nitrogens with zero attached hydrogens (tertiary/aromatic N) is 1. The largest absolute Gasteiger partial charge is 0.411 e. The van der Waals surface area contributed by atoms with Gasteiger partial charge in [-0.1, -0.05) is 13.8 Å². The molecule has 0 atom stereocenters. The first kappa shape index (κ1) is 21.0. The first-order valence-electron chi connectivity index (χ1n) is 7.52. The van der Waals surface area contributed by atoms with Crippen molar-refractivity contribution in [1.82, 2.24) is 10.6 Å². The Balaban J connectivity index is 3.48. The van der Waals surface area contributed by atoms with Crippen molar-refractivity contribution in [2.75, 3.05) is 46.6 Å². The summed E-state index contributed by atoms with van der Waals surface area (Å²) in [5, 5.41) is 6.12. The zero-order valence-corrected chi connectivity index (χ0v) is 13.6. The van der Waals surface area contributed by atoms with E-state index in [1.165, 1.54) is 0 Å². The van der Waals surface area contributed by atoms with Gasteiger partial charge in [-0.2, -0.15) is 13.2 Å². The first-order chi connectivity index (χ1) is 10.3. The van der Waals surface area contributed by atoms with E-state index in [9.17, 15) is 13.2 Å². The Morgan fingerprint density at radius 1 is 1.05 bits per heavy atom. The third-order valence-electron chi connectivity index (χ3n) is 2.46. The van der Waals surface area contributed by atoms with Crippen LogP contribution in [0.4, 0.5) is 13.2 Å². The fourth-order valence-corrected chi connectivity index (χ4v) is 1.49. The fourth-order valence-electron chi connectivity index (χ4n) is 1.49. The molecule has 0 amide bonds. The molecule has 0 fully saturated rings. The van der Waals surface area contributed by atoms with Gasteiger partial charge in [0.25, 0.3) is 0 Å². The number of hydrogen-bond acceptors (Lipinski definition) is 3. The third kappa shape index (κ3) is 15.4. The van der Waals surface area contributed by atoms with E-state index in [2.05, 4.69) is 34.2 Å². The van der Waals surface area contributed by atoms with Crippen LogP contribution < -0.4 is 10.6 Å². The molecule has 0 saturated heterocycles. The van der Waals surface area contributed by atoms with Crippen LogP contribution in [0.5, 0.6) is 0 Å². The van der Waals surface area contributed by atoms with Gasteiger partial charge in [-0.15, -0.1) is 0 Å². The maximum atomic E-state index is 11.8. The number of rotatable bonds is 11. The van der Waals surface area contributed by atoms with Crippen LogP contribution in [0.1, 0.15) is 26.7 Å². The minimum absolute atomic E-state index is 0.0621. The van der Waals surface area contributed by atoms with Gasteiger partial charge in [0.2, 0.25) is 0 Å². The number of ether oxygens (including phenoxy) is 2. The summed E-state index contributed by atoms with van der Waals surface area (Å²) in [6.45, 7) is 5.73. The predicted octanol–water partition coefficient (Wildman–Crippen LogP) is 2.18. The number of aliphatic imine (C=N–C) groups is 1. The van der Waals surface area contributed by atoms with Gasteiger partial charge in [0, 0.05) is 40.0 Å². The normalized spacial score (nSPS) is 12.8. The maximum Gasteiger partial charge on any atom is 0.411 e. The molecule has 0 aliphatic carbocycles. The molecule has 8 heteroatoms. The molecule has 22 heavy (non-hydrogen) atoms. The lowest BCUT2D eigenvalue weighted by Crippen LogP contribution is -2.38. The van der Waals surface area contributed by atoms with Gasteiger partial charge in [0.1, 0.15) is 6.61 Å². The zero-order chi connectivity index (χ0) is 16.8. The van der Waals surface area contributed by atoms with Gasteiger partial charge in [-0.3, -0.25) is 4.99 Å². The second-order valence-electron chi connectivity index (χ2n) is 5.27. The van der Waals surface area contributed by atoms with Gasteiger partial charge < -0.3 is 20.1 Å². The SMILES string of the molecule is CN=C(NCCCOCC(C)C)NCCCOCC(F)(F)F. The average Bonchev–Trinajstić information content (AvgIpc) is 2.42. The van der Waals surface area contributed by atoms with E-state index in [0.29, 0.717) is 31.4 Å². The molecule has 0 bridgehead atoms. The monoisotopic (exact) mass is 327 g/mol. The van der Waals surface area contributed by atoms with Crippen LogP contribution in [0.2, 0.25) is 0 Å². The second-order valence-corrected chi connectivity index (χ2v) is 5.27. The van der Waals surface area contributed by atoms with E-state index < -0.39 is 12.8 Å². The van der Waals surface area contributed by atoms with E-state index in [-0.39, 0.29) is 6.61 Å². The Hall–Kier alpha value is -1.02. The smallest absolute Gasteiger partial charge is 0.381 e. The second kappa shape index (κ2) is 12.5. The lowest BCUT2D eigenvalue weighted by molar-refractivity contribution is -0.173. The van der Waals surface area contributed by atoms with Crippen molar-refractivity contribution in [3.8, 4) is 0 Å². The van der Waals surface area contributed by atoms with Crippen LogP contribution in [-0.2, 0) is 9.47 Å². The third-order valence-corrected chi connectivity index (χ3v) is 2.46. The number of alkyl halides is 3. The van der Waals surface area contributed by atoms with Gasteiger partial charge in [0.05, 0.1) is 0 Å². The number of halogens is 3. The number of hydrogen-bond donors (Lipinski definition) is 2. The molecule has 0 heterocycles. The van der Waals surface area contributed by atoms with Crippen LogP contribution in [0.15, 0.2) is 4.99 Å². The molecule has 2 N–H and O–H groups in total. The quantitative estimate of drug-likeness (QED) is 0.347. The average molecular weight is 327 g/mol. The molecule has 5 nitrogen and oxygen atoms in total. The molecular weight excluding hydrogens is 299 g/mol. The maximum absolute atomic E-state index is 11.8. The van der Waals surface area contributed by atoms with Crippen LogP contribution in [0, 0.1) is 5.92 Å². The summed E-state index contributed by atoms with van der Waals surface area (Å²) in [4.78, 5) is 4.02. The molecule has 0 aromatic heterocycles. The lowest BCUT2D eigenvalue weighted by atomic mass is 10.2. The molecule has 0 saturated carbocycles. The van der Waals surface area contributed by atoms with Crippen LogP contribution in [0.25, 0.3) is 0 Å². The Kier molecular flexibility index (Phi) is 11.9. The van der Waals surface area contributed by atoms with Crippen molar-refractivity contribution in [2.24, 2.45) is 10.9 Å². The highest BCUT2D eigenvalue weighted by atomic mass is 19.4. The van der Waals surface area contributed by atoms with Crippen molar-refractivity contribution in [2.45, 2.75) is 32.9 Å². The standard InChI is InChI=1S/C14H28F3N3O2/c1-12(2)10-21-8-4-6-19-13(18-3)20-7-5-9-22-11-14(15,16)17/h12H,4-11H2,1-3H3,(H2,18,19,20). The van der Waals surface area contributed by atoms with E-state index in [1.54, 1.807) is 7.05 Å². The van der Waals surface area contributed by atoms with Crippen molar-refractivity contribution in [3.05, 3.63) is 0 Å². The van der Waals surface area contributed by atoms with Gasteiger partial charge in [-0.25, -0.2) is 0 Å². The Morgan fingerprint density at radius 2 is 1.59 bits per heavy atom. The molecule has 0 rings (SSSR count). The Labute approximate surface area is 130 Å². The molecule has 0 aliphatic heterocycles. The Morgan fingerprint density at radius 3 is 2.05 bits per heavy atom. The zero-order valence-electron chi connectivity index (χ0n) is 13.6. The van der Waals surface area contributed by atoms with E-state index in [0.717, 1.165) is 19.6 Å². The molecule has 0 spiro atoms. The lowest BCUT2D eigenvalue weighted by Gasteiger charge is -2.12. The van der Waals surface area contributed by atoms with Crippen LogP contribution >= 0.6 is 0 Å². The van der Waals surface area contributed by atoms with Crippen LogP contribution in [0.3, 0.4) is 0 Å². The highest BCUT2D eigenvalue weighted by Crippen LogP contribution is 2.14. The minimum atomic E-state index is -4.26. The van der Waals surface area contributed by atoms with Crippen LogP contribution in [-0.4, -0.2) is 58.7 Å². The molecule has 0 aliphatic rings. The van der Waals surface area contributed by atoms with Crippen molar-refractivity contribution in [1.29, 1.82) is 0 Å². The van der Waals surface area contributed by atoms with Crippen molar-refractivity contribution < 1.29 is 22.6 Å². The molecule has 0 radical (unpaired) electrons. The topological polar surface area (TPSA) is 54.9 Å². The van der Waals surface area contributed by atoms with Crippen molar-refractivity contribution >= 4 is 5.96 Å². The molecule has 0 aromatic rings. The van der Waals surface area contributed by atoms with E-state index in [4.69, 9.17) is 4.74 Å². The van der Waals surface area contributed by atoms with Crippen molar-refractivity contribution in [3.63, 3.8) is 0 Å². The highest BCUT2D eigenvalue weighted by molar-refractivity contribution is 5.79. The summed E-state index contributed by atoms with van der Waals surface area (Å²) >= 11 is 0. The van der Waals surface area contributed by atoms with E-state index >= 15 is 0 Å². The molecular formula is C14H28F3N3O2. The minimum Gasteiger partial charge on any atom is -0.381 e. The summed E-state index contributed by atoms with van der Waals surface area (Å²) in [5.74, 6) is 1.15. The fraction of sp³-hybridized carbons (Fsp3) is 0.929. The summed E-state index contributed by atoms with van der Waals surface area (Å²) in [7, 11) is 1.64. The number of guanidine groups is 1. The highest BCUT2D eigenvalue weighted by Gasteiger charge is 2.27.